The largest absolute Gasteiger partial charge is 0.496 e. The van der Waals surface area contributed by atoms with Crippen molar-refractivity contribution in [3.8, 4) is 5.75 Å². The fraction of sp³-hybridized carbons (Fsp3) is 0.481. The van der Waals surface area contributed by atoms with E-state index in [0.717, 1.165) is 42.2 Å². The molecule has 1 fully saturated rings. The molecule has 11 heteroatoms. The van der Waals surface area contributed by atoms with Crippen LogP contribution in [-0.2, 0) is 33.8 Å². The van der Waals surface area contributed by atoms with Crippen molar-refractivity contribution >= 4 is 21.7 Å². The third-order valence-electron chi connectivity index (χ3n) is 6.97. The van der Waals surface area contributed by atoms with Gasteiger partial charge in [-0.1, -0.05) is 6.07 Å². The third-order valence-corrected chi connectivity index (χ3v) is 7.91. The summed E-state index contributed by atoms with van der Waals surface area (Å²) in [6.45, 7) is 0.507. The van der Waals surface area contributed by atoms with Crippen LogP contribution in [0.5, 0.6) is 5.75 Å². The Bertz CT molecular complexity index is 1330. The Kier molecular flexibility index (Phi) is 8.69. The molecule has 2 aromatic rings. The monoisotopic (exact) mass is 548 g/mol. The zero-order valence-electron chi connectivity index (χ0n) is 21.5. The van der Waals surface area contributed by atoms with E-state index in [1.807, 2.05) is 0 Å². The molecule has 0 radical (unpaired) electrons. The normalized spacial score (nSPS) is 19.1. The fourth-order valence-corrected chi connectivity index (χ4v) is 5.53. The molecule has 0 bridgehead atoms. The summed E-state index contributed by atoms with van der Waals surface area (Å²) in [5.74, 6) is -1.46. The number of carbonyl (C=O) groups excluding carboxylic acids is 2. The number of benzene rings is 2. The van der Waals surface area contributed by atoms with Gasteiger partial charge in [0.25, 0.3) is 11.8 Å². The molecule has 2 aromatic carbocycles. The molecule has 1 aliphatic heterocycles. The van der Waals surface area contributed by atoms with Crippen molar-refractivity contribution in [2.24, 2.45) is 0 Å². The summed E-state index contributed by atoms with van der Waals surface area (Å²) >= 11 is 0. The molecule has 0 spiro atoms. The van der Waals surface area contributed by atoms with Crippen LogP contribution in [0.2, 0.25) is 0 Å². The molecule has 2 amide bonds. The average molecular weight is 549 g/mol. The maximum absolute atomic E-state index is 14.9. The van der Waals surface area contributed by atoms with Crippen LogP contribution in [0, 0.1) is 5.82 Å². The Morgan fingerprint density at radius 3 is 2.61 bits per heavy atom. The molecule has 2 aliphatic rings. The van der Waals surface area contributed by atoms with Gasteiger partial charge in [-0.25, -0.2) is 12.8 Å². The second-order valence-electron chi connectivity index (χ2n) is 9.81. The molecular weight excluding hydrogens is 515 g/mol. The van der Waals surface area contributed by atoms with Gasteiger partial charge in [-0.3, -0.25) is 9.59 Å². The van der Waals surface area contributed by atoms with E-state index in [-0.39, 0.29) is 30.4 Å². The van der Waals surface area contributed by atoms with E-state index in [1.165, 1.54) is 19.2 Å². The first-order valence-corrected chi connectivity index (χ1v) is 14.7. The van der Waals surface area contributed by atoms with Gasteiger partial charge >= 0.3 is 0 Å². The number of methoxy groups -OCH3 is 1. The molecule has 9 nitrogen and oxygen atoms in total. The van der Waals surface area contributed by atoms with Gasteiger partial charge in [0, 0.05) is 19.4 Å². The first-order chi connectivity index (χ1) is 18.1. The predicted octanol–water partition coefficient (Wildman–Crippen LogP) is 1.57. The molecule has 3 N–H and O–H groups in total. The van der Waals surface area contributed by atoms with Crippen LogP contribution in [0.1, 0.15) is 55.8 Å². The van der Waals surface area contributed by atoms with Crippen molar-refractivity contribution in [3.05, 3.63) is 63.5 Å². The molecule has 206 valence electrons. The highest BCUT2D eigenvalue weighted by molar-refractivity contribution is 7.90. The number of halogens is 1. The molecule has 1 saturated heterocycles. The summed E-state index contributed by atoms with van der Waals surface area (Å²) in [7, 11) is -1.72. The van der Waals surface area contributed by atoms with E-state index in [4.69, 9.17) is 9.47 Å². The summed E-state index contributed by atoms with van der Waals surface area (Å²) in [4.78, 5) is 25.6. The predicted molar refractivity (Wildman–Crippen MR) is 139 cm³/mol. The molecule has 0 aromatic heterocycles. The number of sulfone groups is 1. The number of nitrogens with one attached hydrogen (secondary N) is 2. The van der Waals surface area contributed by atoms with E-state index in [2.05, 4.69) is 10.6 Å². The van der Waals surface area contributed by atoms with Crippen molar-refractivity contribution in [2.75, 3.05) is 38.9 Å². The second kappa shape index (κ2) is 11.8. The summed E-state index contributed by atoms with van der Waals surface area (Å²) < 4.78 is 48.3. The van der Waals surface area contributed by atoms with Gasteiger partial charge in [0.05, 0.1) is 42.7 Å². The minimum absolute atomic E-state index is 0.105. The van der Waals surface area contributed by atoms with Crippen LogP contribution >= 0.6 is 0 Å². The number of hydrogen-bond donors (Lipinski definition) is 3. The maximum Gasteiger partial charge on any atom is 0.255 e. The van der Waals surface area contributed by atoms with Crippen molar-refractivity contribution in [1.82, 2.24) is 10.6 Å². The molecule has 38 heavy (non-hydrogen) atoms. The van der Waals surface area contributed by atoms with E-state index >= 15 is 0 Å². The topological polar surface area (TPSA) is 131 Å². The number of rotatable bonds is 9. The standard InChI is InChI=1S/C27H33FN2O7S/c1-36-25-19-5-3-4-18(19)17(14-21(25)27(33)30-23-8-10-37-15-24(23)31)12-16-6-7-20(22(28)13-16)26(32)29-9-11-38(2,34)35/h6-7,13-14,23-24,31H,3-5,8-12,15H2,1-2H3,(H,29,32)(H,30,33)/t23?,24-/m0/s1. The van der Waals surface area contributed by atoms with Crippen LogP contribution < -0.4 is 15.4 Å². The summed E-state index contributed by atoms with van der Waals surface area (Å²) in [6, 6.07) is 5.66. The molecule has 0 saturated carbocycles. The maximum atomic E-state index is 14.9. The number of ether oxygens (including phenoxy) is 2. The highest BCUT2D eigenvalue weighted by atomic mass is 32.2. The molecule has 1 aliphatic carbocycles. The number of aliphatic hydroxyl groups is 1. The summed E-state index contributed by atoms with van der Waals surface area (Å²) in [5.41, 5.74) is 3.74. The van der Waals surface area contributed by atoms with E-state index < -0.39 is 33.7 Å². The SMILES string of the molecule is COc1c(C(=O)NC2CCOC[C@@H]2O)cc(Cc2ccc(C(=O)NCCS(C)(=O)=O)c(F)c2)c2c1CCC2. The highest BCUT2D eigenvalue weighted by Gasteiger charge is 2.30. The Morgan fingerprint density at radius 2 is 1.92 bits per heavy atom. The lowest BCUT2D eigenvalue weighted by Crippen LogP contribution is -2.48. The third kappa shape index (κ3) is 6.51. The van der Waals surface area contributed by atoms with Gasteiger partial charge < -0.3 is 25.2 Å². The van der Waals surface area contributed by atoms with Gasteiger partial charge in [0.15, 0.2) is 0 Å². The van der Waals surface area contributed by atoms with E-state index in [0.29, 0.717) is 36.3 Å². The molecule has 1 heterocycles. The van der Waals surface area contributed by atoms with Crippen molar-refractivity contribution in [1.29, 1.82) is 0 Å². The minimum atomic E-state index is -3.25. The molecule has 2 atom stereocenters. The lowest BCUT2D eigenvalue weighted by Gasteiger charge is -2.29. The number of hydrogen-bond acceptors (Lipinski definition) is 7. The smallest absolute Gasteiger partial charge is 0.255 e. The van der Waals surface area contributed by atoms with Crippen LogP contribution in [-0.4, -0.2) is 76.4 Å². The summed E-state index contributed by atoms with van der Waals surface area (Å²) in [5, 5.41) is 15.5. The fourth-order valence-electron chi connectivity index (χ4n) is 5.05. The highest BCUT2D eigenvalue weighted by Crippen LogP contribution is 2.37. The lowest BCUT2D eigenvalue weighted by atomic mass is 9.92. The van der Waals surface area contributed by atoms with Crippen molar-refractivity contribution < 1.29 is 37.0 Å². The first-order valence-electron chi connectivity index (χ1n) is 12.6. The first kappa shape index (κ1) is 28.0. The van der Waals surface area contributed by atoms with Gasteiger partial charge in [-0.2, -0.15) is 0 Å². The van der Waals surface area contributed by atoms with E-state index in [1.54, 1.807) is 12.1 Å². The number of amides is 2. The molecule has 4 rings (SSSR count). The number of fused-ring (bicyclic) bond motifs is 1. The van der Waals surface area contributed by atoms with Gasteiger partial charge in [-0.05, 0) is 72.6 Å². The van der Waals surface area contributed by atoms with E-state index in [9.17, 15) is 27.5 Å². The molecular formula is C27H33FN2O7S. The van der Waals surface area contributed by atoms with Crippen LogP contribution in [0.4, 0.5) is 4.39 Å². The lowest BCUT2D eigenvalue weighted by molar-refractivity contribution is -0.0261. The molecule has 1 unspecified atom stereocenters. The quantitative estimate of drug-likeness (QED) is 0.434. The zero-order chi connectivity index (χ0) is 27.4. The Morgan fingerprint density at radius 1 is 1.16 bits per heavy atom. The summed E-state index contributed by atoms with van der Waals surface area (Å²) in [6.07, 6.45) is 3.59. The Hall–Kier alpha value is -3.02. The van der Waals surface area contributed by atoms with Crippen LogP contribution in [0.25, 0.3) is 0 Å². The van der Waals surface area contributed by atoms with Gasteiger partial charge in [0.2, 0.25) is 0 Å². The average Bonchev–Trinajstić information content (AvgIpc) is 3.35. The van der Waals surface area contributed by atoms with Gasteiger partial charge in [-0.15, -0.1) is 0 Å². The minimum Gasteiger partial charge on any atom is -0.496 e. The number of carbonyl (C=O) groups is 2. The Balaban J connectivity index is 1.56. The van der Waals surface area contributed by atoms with Gasteiger partial charge in [0.1, 0.15) is 21.4 Å². The second-order valence-corrected chi connectivity index (χ2v) is 12.1. The number of aliphatic hydroxyl groups excluding tert-OH is 1. The van der Waals surface area contributed by atoms with Crippen molar-refractivity contribution in [2.45, 2.75) is 44.2 Å². The Labute approximate surface area is 221 Å². The van der Waals surface area contributed by atoms with Crippen molar-refractivity contribution in [3.63, 3.8) is 0 Å². The van der Waals surface area contributed by atoms with Crippen LogP contribution in [0.3, 0.4) is 0 Å². The zero-order valence-corrected chi connectivity index (χ0v) is 22.3. The van der Waals surface area contributed by atoms with Crippen LogP contribution in [0.15, 0.2) is 24.3 Å².